The average Bonchev–Trinajstić information content (AvgIpc) is 2.57. The summed E-state index contributed by atoms with van der Waals surface area (Å²) in [6.07, 6.45) is 11.2. The summed E-state index contributed by atoms with van der Waals surface area (Å²) in [6.45, 7) is 10.8. The molecule has 0 N–H and O–H groups in total. The second-order valence-electron chi connectivity index (χ2n) is 12.5. The summed E-state index contributed by atoms with van der Waals surface area (Å²) in [5, 5.41) is 0. The number of hydrogen-bond donors (Lipinski definition) is 0. The first-order valence-corrected chi connectivity index (χ1v) is 11.3. The molecule has 26 heavy (non-hydrogen) atoms. The Kier molecular flexibility index (Phi) is 2.67. The molecule has 9 aliphatic rings. The highest BCUT2D eigenvalue weighted by Gasteiger charge is 2.88. The predicted octanol–water partition coefficient (Wildman–Crippen LogP) is 5.60. The van der Waals surface area contributed by atoms with Crippen molar-refractivity contribution in [3.63, 3.8) is 0 Å². The highest BCUT2D eigenvalue weighted by molar-refractivity contribution is 5.76. The first kappa shape index (κ1) is 16.4. The molecule has 0 amide bonds. The van der Waals surface area contributed by atoms with Crippen LogP contribution < -0.4 is 0 Å². The molecule has 9 aliphatic carbocycles. The minimum atomic E-state index is -0.365. The van der Waals surface area contributed by atoms with E-state index in [2.05, 4.69) is 34.6 Å². The molecule has 0 saturated heterocycles. The summed E-state index contributed by atoms with van der Waals surface area (Å²) < 4.78 is 6.49. The Morgan fingerprint density at radius 3 is 2.08 bits per heavy atom. The highest BCUT2D eigenvalue weighted by Crippen LogP contribution is 2.94. The van der Waals surface area contributed by atoms with Crippen LogP contribution in [0.2, 0.25) is 0 Å². The highest BCUT2D eigenvalue weighted by atomic mass is 16.6. The number of esters is 1. The lowest BCUT2D eigenvalue weighted by Crippen LogP contribution is -2.86. The van der Waals surface area contributed by atoms with Crippen molar-refractivity contribution in [1.29, 1.82) is 0 Å². The van der Waals surface area contributed by atoms with Crippen LogP contribution in [0, 0.1) is 51.2 Å². The molecule has 2 spiro atoms. The maximum atomic E-state index is 13.1. The van der Waals surface area contributed by atoms with Crippen molar-refractivity contribution in [2.45, 2.75) is 91.6 Å². The lowest BCUT2D eigenvalue weighted by atomic mass is 9.13. The molecule has 0 aromatic heterocycles. The first-order valence-electron chi connectivity index (χ1n) is 11.3. The van der Waals surface area contributed by atoms with Gasteiger partial charge in [0.05, 0.1) is 5.41 Å². The van der Waals surface area contributed by atoms with Crippen molar-refractivity contribution in [3.8, 4) is 0 Å². The Hall–Kier alpha value is -0.530. The third-order valence-electron chi connectivity index (χ3n) is 11.3. The molecule has 0 radical (unpaired) electrons. The van der Waals surface area contributed by atoms with E-state index in [-0.39, 0.29) is 22.4 Å². The van der Waals surface area contributed by atoms with Gasteiger partial charge in [0.2, 0.25) is 0 Å². The number of ether oxygens (including phenoxy) is 1. The summed E-state index contributed by atoms with van der Waals surface area (Å²) in [6, 6.07) is 0. The number of rotatable bonds is 4. The van der Waals surface area contributed by atoms with E-state index in [0.717, 1.165) is 36.0 Å². The summed E-state index contributed by atoms with van der Waals surface area (Å²) in [5.41, 5.74) is 0.905. The third-order valence-corrected chi connectivity index (χ3v) is 11.3. The minimum Gasteiger partial charge on any atom is -0.459 e. The molecule has 4 unspecified atom stereocenters. The zero-order valence-electron chi connectivity index (χ0n) is 17.4. The number of carbonyl (C=O) groups excluding carboxylic acids is 1. The number of carbonyl (C=O) groups is 1. The average molecular weight is 357 g/mol. The topological polar surface area (TPSA) is 26.3 Å². The molecule has 8 bridgehead atoms. The molecular formula is C24H36O2. The van der Waals surface area contributed by atoms with E-state index in [1.165, 1.54) is 38.5 Å². The molecule has 0 aliphatic heterocycles. The van der Waals surface area contributed by atoms with E-state index >= 15 is 0 Å². The van der Waals surface area contributed by atoms with Gasteiger partial charge in [-0.05, 0) is 119 Å². The van der Waals surface area contributed by atoms with Gasteiger partial charge in [0.1, 0.15) is 5.60 Å². The molecule has 2 heteroatoms. The number of hydrogen-bond acceptors (Lipinski definition) is 2. The minimum absolute atomic E-state index is 0.0349. The Morgan fingerprint density at radius 2 is 1.50 bits per heavy atom. The van der Waals surface area contributed by atoms with Gasteiger partial charge in [0.25, 0.3) is 0 Å². The SMILES string of the molecule is CCC(C)(C)C(=O)OC(C)(C)C12CC3CC45CC6(C3)C4CC(CC51)CC62. The van der Waals surface area contributed by atoms with Crippen LogP contribution >= 0.6 is 0 Å². The fourth-order valence-corrected chi connectivity index (χ4v) is 10.4. The molecule has 9 fully saturated rings. The van der Waals surface area contributed by atoms with Crippen molar-refractivity contribution in [2.75, 3.05) is 0 Å². The third kappa shape index (κ3) is 1.42. The maximum absolute atomic E-state index is 13.1. The van der Waals surface area contributed by atoms with Crippen LogP contribution in [0.3, 0.4) is 0 Å². The molecule has 0 aromatic rings. The van der Waals surface area contributed by atoms with Gasteiger partial charge in [-0.25, -0.2) is 0 Å². The fourth-order valence-electron chi connectivity index (χ4n) is 10.4. The van der Waals surface area contributed by atoms with Gasteiger partial charge in [-0.1, -0.05) is 6.92 Å². The molecule has 0 heterocycles. The van der Waals surface area contributed by atoms with Crippen molar-refractivity contribution in [3.05, 3.63) is 0 Å². The van der Waals surface area contributed by atoms with Gasteiger partial charge in [-0.15, -0.1) is 0 Å². The van der Waals surface area contributed by atoms with E-state index in [9.17, 15) is 4.79 Å². The standard InChI is InChI=1S/C24H36O2/c1-6-20(2,3)19(25)26-21(4,5)24-12-15-10-22-13-23(11-15)16(22)7-14(8-17(22)24)9-18(23)24/h14-18H,6-13H2,1-5H3. The Bertz CT molecular complexity index is 675. The Morgan fingerprint density at radius 1 is 0.923 bits per heavy atom. The Labute approximate surface area is 158 Å². The first-order chi connectivity index (χ1) is 12.1. The van der Waals surface area contributed by atoms with Crippen LogP contribution in [0.25, 0.3) is 0 Å². The van der Waals surface area contributed by atoms with Gasteiger partial charge in [-0.3, -0.25) is 4.79 Å². The molecule has 9 rings (SSSR count). The lowest BCUT2D eigenvalue weighted by molar-refractivity contribution is -0.441. The van der Waals surface area contributed by atoms with E-state index in [0.29, 0.717) is 10.8 Å². The zero-order valence-corrected chi connectivity index (χ0v) is 17.4. The van der Waals surface area contributed by atoms with Crippen LogP contribution in [0.1, 0.15) is 86.0 Å². The van der Waals surface area contributed by atoms with Gasteiger partial charge in [0, 0.05) is 5.41 Å². The Balaban J connectivity index is 1.44. The molecule has 144 valence electrons. The summed E-state index contributed by atoms with van der Waals surface area (Å²) in [4.78, 5) is 13.1. The van der Waals surface area contributed by atoms with Crippen LogP contribution in [0.5, 0.6) is 0 Å². The van der Waals surface area contributed by atoms with Crippen molar-refractivity contribution >= 4 is 5.97 Å². The van der Waals surface area contributed by atoms with Crippen molar-refractivity contribution in [2.24, 2.45) is 51.2 Å². The summed E-state index contributed by atoms with van der Waals surface area (Å²) in [7, 11) is 0. The smallest absolute Gasteiger partial charge is 0.312 e. The van der Waals surface area contributed by atoms with Crippen molar-refractivity contribution in [1.82, 2.24) is 0 Å². The molecule has 9 saturated carbocycles. The van der Waals surface area contributed by atoms with Gasteiger partial charge in [-0.2, -0.15) is 0 Å². The van der Waals surface area contributed by atoms with Crippen molar-refractivity contribution < 1.29 is 9.53 Å². The maximum Gasteiger partial charge on any atom is 0.312 e. The van der Waals surface area contributed by atoms with Crippen LogP contribution in [-0.2, 0) is 9.53 Å². The van der Waals surface area contributed by atoms with Gasteiger partial charge < -0.3 is 4.74 Å². The summed E-state index contributed by atoms with van der Waals surface area (Å²) in [5.74, 6) is 4.65. The summed E-state index contributed by atoms with van der Waals surface area (Å²) >= 11 is 0. The zero-order chi connectivity index (χ0) is 18.3. The monoisotopic (exact) mass is 356 g/mol. The van der Waals surface area contributed by atoms with Gasteiger partial charge in [0.15, 0.2) is 0 Å². The molecular weight excluding hydrogens is 320 g/mol. The second-order valence-corrected chi connectivity index (χ2v) is 12.5. The second kappa shape index (κ2) is 4.23. The van der Waals surface area contributed by atoms with Crippen LogP contribution in [0.4, 0.5) is 0 Å². The van der Waals surface area contributed by atoms with E-state index in [1.54, 1.807) is 6.42 Å². The largest absolute Gasteiger partial charge is 0.459 e. The van der Waals surface area contributed by atoms with Gasteiger partial charge >= 0.3 is 5.97 Å². The van der Waals surface area contributed by atoms with Crippen LogP contribution in [-0.4, -0.2) is 11.6 Å². The van der Waals surface area contributed by atoms with E-state index in [1.807, 2.05) is 0 Å². The molecule has 2 nitrogen and oxygen atoms in total. The quantitative estimate of drug-likeness (QED) is 0.613. The predicted molar refractivity (Wildman–Crippen MR) is 101 cm³/mol. The van der Waals surface area contributed by atoms with E-state index in [4.69, 9.17) is 4.74 Å². The van der Waals surface area contributed by atoms with E-state index < -0.39 is 0 Å². The fraction of sp³-hybridized carbons (Fsp3) is 0.958. The molecule has 0 aromatic carbocycles. The molecule has 4 atom stereocenters. The lowest BCUT2D eigenvalue weighted by Gasteiger charge is -2.91. The normalized spacial score (nSPS) is 55.2. The van der Waals surface area contributed by atoms with Crippen LogP contribution in [0.15, 0.2) is 0 Å².